The lowest BCUT2D eigenvalue weighted by molar-refractivity contribution is -0.116. The van der Waals surface area contributed by atoms with E-state index < -0.39 is 0 Å². The fourth-order valence-corrected chi connectivity index (χ4v) is 3.71. The molecule has 1 aromatic heterocycles. The summed E-state index contributed by atoms with van der Waals surface area (Å²) < 4.78 is 0. The summed E-state index contributed by atoms with van der Waals surface area (Å²) in [4.78, 5) is 26.4. The molecule has 9 heteroatoms. The first kappa shape index (κ1) is 15.8. The fourth-order valence-electron chi connectivity index (χ4n) is 2.06. The summed E-state index contributed by atoms with van der Waals surface area (Å²) in [7, 11) is 1.73. The van der Waals surface area contributed by atoms with E-state index >= 15 is 0 Å². The lowest BCUT2D eigenvalue weighted by atomic mass is 10.2. The van der Waals surface area contributed by atoms with E-state index in [-0.39, 0.29) is 11.9 Å². The molecule has 0 bridgehead atoms. The van der Waals surface area contributed by atoms with E-state index in [1.54, 1.807) is 18.0 Å². The number of urea groups is 1. The molecule has 2 N–H and O–H groups in total. The second-order valence-corrected chi connectivity index (χ2v) is 6.94. The number of carbonyl (C=O) groups excluding carboxylic acids is 2. The van der Waals surface area contributed by atoms with E-state index in [9.17, 15) is 9.59 Å². The molecule has 0 saturated carbocycles. The number of hydrogen-bond donors (Lipinski definition) is 2. The van der Waals surface area contributed by atoms with Gasteiger partial charge in [0.15, 0.2) is 0 Å². The van der Waals surface area contributed by atoms with Crippen LogP contribution in [0.15, 0.2) is 23.1 Å². The van der Waals surface area contributed by atoms with Crippen LogP contribution in [0.3, 0.4) is 0 Å². The second-order valence-electron chi connectivity index (χ2n) is 4.86. The molecule has 23 heavy (non-hydrogen) atoms. The quantitative estimate of drug-likeness (QED) is 0.890. The highest BCUT2D eigenvalue weighted by Crippen LogP contribution is 2.36. The molecule has 0 atom stereocenters. The minimum Gasteiger partial charge on any atom is -0.314 e. The van der Waals surface area contributed by atoms with Gasteiger partial charge in [0, 0.05) is 17.6 Å². The number of anilines is 3. The van der Waals surface area contributed by atoms with Gasteiger partial charge >= 0.3 is 6.03 Å². The fraction of sp³-hybridized carbons (Fsp3) is 0.286. The van der Waals surface area contributed by atoms with Crippen LogP contribution in [0.5, 0.6) is 0 Å². The molecule has 1 aliphatic rings. The number of hydrogen-bond acceptors (Lipinski definition) is 6. The Labute approximate surface area is 141 Å². The molecule has 2 heterocycles. The molecule has 0 saturated heterocycles. The van der Waals surface area contributed by atoms with Gasteiger partial charge < -0.3 is 10.2 Å². The van der Waals surface area contributed by atoms with Gasteiger partial charge in [-0.2, -0.15) is 0 Å². The molecule has 3 rings (SSSR count). The Morgan fingerprint density at radius 1 is 1.35 bits per heavy atom. The van der Waals surface area contributed by atoms with Gasteiger partial charge in [0.25, 0.3) is 0 Å². The van der Waals surface area contributed by atoms with Gasteiger partial charge in [-0.25, -0.2) is 4.79 Å². The van der Waals surface area contributed by atoms with Gasteiger partial charge in [-0.1, -0.05) is 18.3 Å². The number of aryl methyl sites for hydroxylation is 1. The van der Waals surface area contributed by atoms with Crippen LogP contribution in [0.2, 0.25) is 0 Å². The molecule has 1 aliphatic heterocycles. The molecule has 3 amide bonds. The minimum atomic E-state index is -0.388. The molecule has 120 valence electrons. The first-order chi connectivity index (χ1) is 11.1. The van der Waals surface area contributed by atoms with Crippen molar-refractivity contribution in [3.63, 3.8) is 0 Å². The Balaban J connectivity index is 1.70. The van der Waals surface area contributed by atoms with Crippen molar-refractivity contribution >= 4 is 51.5 Å². The van der Waals surface area contributed by atoms with Gasteiger partial charge in [-0.3, -0.25) is 10.1 Å². The standard InChI is InChI=1S/C14H15N5O2S2/c1-3-11-17-18-14(23-11)16-13(21)15-8-4-5-10-9(6-8)19(2)12(20)7-22-10/h4-6H,3,7H2,1-2H3,(H2,15,16,18,21). The van der Waals surface area contributed by atoms with Crippen LogP contribution in [0, 0.1) is 0 Å². The lowest BCUT2D eigenvalue weighted by Crippen LogP contribution is -2.31. The van der Waals surface area contributed by atoms with Crippen LogP contribution in [-0.4, -0.2) is 34.9 Å². The van der Waals surface area contributed by atoms with E-state index in [1.165, 1.54) is 23.1 Å². The van der Waals surface area contributed by atoms with Gasteiger partial charge in [-0.05, 0) is 24.6 Å². The summed E-state index contributed by atoms with van der Waals surface area (Å²) in [6, 6.07) is 5.11. The predicted molar refractivity (Wildman–Crippen MR) is 92.5 cm³/mol. The van der Waals surface area contributed by atoms with Crippen molar-refractivity contribution in [2.24, 2.45) is 0 Å². The largest absolute Gasteiger partial charge is 0.325 e. The third kappa shape index (κ3) is 3.45. The van der Waals surface area contributed by atoms with Gasteiger partial charge in [0.2, 0.25) is 11.0 Å². The first-order valence-corrected chi connectivity index (χ1v) is 8.81. The lowest BCUT2D eigenvalue weighted by Gasteiger charge is -2.25. The highest BCUT2D eigenvalue weighted by molar-refractivity contribution is 8.00. The zero-order valence-electron chi connectivity index (χ0n) is 12.6. The Kier molecular flexibility index (Phi) is 4.49. The van der Waals surface area contributed by atoms with Crippen LogP contribution in [0.25, 0.3) is 0 Å². The molecule has 1 aromatic carbocycles. The summed E-state index contributed by atoms with van der Waals surface area (Å²) in [5.41, 5.74) is 1.41. The molecular formula is C14H15N5O2S2. The number of rotatable bonds is 3. The Hall–Kier alpha value is -2.13. The molecule has 0 spiro atoms. The Bertz CT molecular complexity index is 761. The molecule has 7 nitrogen and oxygen atoms in total. The smallest absolute Gasteiger partial charge is 0.314 e. The van der Waals surface area contributed by atoms with Crippen molar-refractivity contribution in [1.29, 1.82) is 0 Å². The van der Waals surface area contributed by atoms with Crippen LogP contribution in [0.4, 0.5) is 21.3 Å². The summed E-state index contributed by atoms with van der Waals surface area (Å²) in [6.07, 6.45) is 0.782. The topological polar surface area (TPSA) is 87.2 Å². The van der Waals surface area contributed by atoms with Crippen molar-refractivity contribution in [2.45, 2.75) is 18.2 Å². The van der Waals surface area contributed by atoms with Crippen molar-refractivity contribution < 1.29 is 9.59 Å². The van der Waals surface area contributed by atoms with E-state index in [0.29, 0.717) is 16.6 Å². The number of aromatic nitrogens is 2. The number of fused-ring (bicyclic) bond motifs is 1. The van der Waals surface area contributed by atoms with E-state index in [0.717, 1.165) is 22.0 Å². The zero-order valence-corrected chi connectivity index (χ0v) is 14.3. The second kappa shape index (κ2) is 6.55. The summed E-state index contributed by atoms with van der Waals surface area (Å²) in [5.74, 6) is 0.484. The number of carbonyl (C=O) groups is 2. The maximum absolute atomic E-state index is 12.0. The molecule has 0 fully saturated rings. The van der Waals surface area contributed by atoms with Gasteiger partial charge in [0.05, 0.1) is 11.4 Å². The number of amides is 3. The van der Waals surface area contributed by atoms with E-state index in [2.05, 4.69) is 20.8 Å². The average molecular weight is 349 g/mol. The third-order valence-electron chi connectivity index (χ3n) is 3.29. The molecule has 0 aliphatic carbocycles. The molecular weight excluding hydrogens is 334 g/mol. The van der Waals surface area contributed by atoms with E-state index in [1.807, 2.05) is 19.1 Å². The Morgan fingerprint density at radius 3 is 2.91 bits per heavy atom. The van der Waals surface area contributed by atoms with Crippen molar-refractivity contribution in [3.05, 3.63) is 23.2 Å². The summed E-state index contributed by atoms with van der Waals surface area (Å²) >= 11 is 2.84. The van der Waals surface area contributed by atoms with E-state index in [4.69, 9.17) is 0 Å². The molecule has 0 unspecified atom stereocenters. The normalized spacial score (nSPS) is 13.7. The molecule has 0 radical (unpaired) electrons. The minimum absolute atomic E-state index is 0.0463. The van der Waals surface area contributed by atoms with Crippen LogP contribution >= 0.6 is 23.1 Å². The third-order valence-corrected chi connectivity index (χ3v) is 5.32. The first-order valence-electron chi connectivity index (χ1n) is 7.00. The SMILES string of the molecule is CCc1nnc(NC(=O)Nc2ccc3c(c2)N(C)C(=O)CS3)s1. The average Bonchev–Trinajstić information content (AvgIpc) is 2.99. The van der Waals surface area contributed by atoms with Gasteiger partial charge in [0.1, 0.15) is 5.01 Å². The monoisotopic (exact) mass is 349 g/mol. The number of nitrogens with one attached hydrogen (secondary N) is 2. The Morgan fingerprint density at radius 2 is 2.17 bits per heavy atom. The number of thioether (sulfide) groups is 1. The van der Waals surface area contributed by atoms with Crippen molar-refractivity contribution in [3.8, 4) is 0 Å². The highest BCUT2D eigenvalue weighted by Gasteiger charge is 2.21. The predicted octanol–water partition coefficient (Wildman–Crippen LogP) is 2.81. The van der Waals surface area contributed by atoms with Crippen LogP contribution in [-0.2, 0) is 11.2 Å². The highest BCUT2D eigenvalue weighted by atomic mass is 32.2. The number of benzene rings is 1. The maximum Gasteiger partial charge on any atom is 0.325 e. The summed E-state index contributed by atoms with van der Waals surface area (Å²) in [5, 5.41) is 14.6. The van der Waals surface area contributed by atoms with Gasteiger partial charge in [-0.15, -0.1) is 22.0 Å². The van der Waals surface area contributed by atoms with Crippen LogP contribution in [0.1, 0.15) is 11.9 Å². The zero-order chi connectivity index (χ0) is 16.4. The van der Waals surface area contributed by atoms with Crippen molar-refractivity contribution in [1.82, 2.24) is 10.2 Å². The summed E-state index contributed by atoms with van der Waals surface area (Å²) in [6.45, 7) is 1.98. The van der Waals surface area contributed by atoms with Crippen LogP contribution < -0.4 is 15.5 Å². The maximum atomic E-state index is 12.0. The molecule has 2 aromatic rings. The number of nitrogens with zero attached hydrogens (tertiary/aromatic N) is 3. The van der Waals surface area contributed by atoms with Crippen molar-refractivity contribution in [2.75, 3.05) is 28.3 Å².